The lowest BCUT2D eigenvalue weighted by Crippen LogP contribution is -2.40. The Balaban J connectivity index is 1.55. The Morgan fingerprint density at radius 2 is 1.76 bits per heavy atom. The Morgan fingerprint density at radius 3 is 2.46 bits per heavy atom. The number of hydrogen-bond donors (Lipinski definition) is 0. The second kappa shape index (κ2) is 14.2. The molecule has 0 saturated carbocycles. The summed E-state index contributed by atoms with van der Waals surface area (Å²) in [5.41, 5.74) is 3.18. The molecule has 1 atom stereocenters. The number of esters is 1. The fraction of sp³-hybridized carbons (Fsp3) is 0.114. The van der Waals surface area contributed by atoms with Crippen LogP contribution in [-0.4, -0.2) is 17.1 Å². The molecule has 0 unspecified atom stereocenters. The van der Waals surface area contributed by atoms with Crippen molar-refractivity contribution in [1.29, 1.82) is 0 Å². The van der Waals surface area contributed by atoms with E-state index in [0.717, 1.165) is 18.3 Å². The van der Waals surface area contributed by atoms with Gasteiger partial charge in [-0.2, -0.15) is 0 Å². The molecule has 0 radical (unpaired) electrons. The molecule has 0 N–H and O–H groups in total. The number of rotatable bonds is 8. The first-order valence-electron chi connectivity index (χ1n) is 14.1. The first kappa shape index (κ1) is 32.6. The van der Waals surface area contributed by atoms with Gasteiger partial charge >= 0.3 is 5.97 Å². The lowest BCUT2D eigenvalue weighted by molar-refractivity contribution is -0.138. The van der Waals surface area contributed by atoms with Gasteiger partial charge in [0.2, 0.25) is 0 Å². The van der Waals surface area contributed by atoms with Crippen molar-refractivity contribution in [3.05, 3.63) is 156 Å². The molecule has 5 aromatic rings. The third-order valence-corrected chi connectivity index (χ3v) is 9.84. The molecular weight excluding hydrogens is 853 g/mol. The van der Waals surface area contributed by atoms with E-state index in [-0.39, 0.29) is 17.7 Å². The summed E-state index contributed by atoms with van der Waals surface area (Å²) in [5.74, 6) is -0.395. The van der Waals surface area contributed by atoms with Gasteiger partial charge in [-0.25, -0.2) is 14.2 Å². The lowest BCUT2D eigenvalue weighted by atomic mass is 9.93. The summed E-state index contributed by atoms with van der Waals surface area (Å²) < 4.78 is 29.6. The molecule has 232 valence electrons. The van der Waals surface area contributed by atoms with E-state index in [1.807, 2.05) is 66.7 Å². The van der Waals surface area contributed by atoms with Gasteiger partial charge in [0.05, 0.1) is 32.0 Å². The average molecular weight is 877 g/mol. The minimum Gasteiger partial charge on any atom is -0.487 e. The summed E-state index contributed by atoms with van der Waals surface area (Å²) >= 11 is 11.7. The molecule has 4 aromatic carbocycles. The second-order valence-corrected chi connectivity index (χ2v) is 14.1. The van der Waals surface area contributed by atoms with Gasteiger partial charge in [-0.05, 0) is 106 Å². The maximum Gasteiger partial charge on any atom is 0.338 e. The van der Waals surface area contributed by atoms with Gasteiger partial charge in [-0.15, -0.1) is 0 Å². The van der Waals surface area contributed by atoms with Gasteiger partial charge in [0.15, 0.2) is 4.80 Å². The number of fused-ring (bicyclic) bond motifs is 1. The fourth-order valence-corrected chi connectivity index (χ4v) is 8.28. The summed E-state index contributed by atoms with van der Waals surface area (Å²) in [4.78, 5) is 33.2. The van der Waals surface area contributed by atoms with Crippen LogP contribution in [0.15, 0.2) is 106 Å². The van der Waals surface area contributed by atoms with E-state index in [1.54, 1.807) is 25.1 Å². The van der Waals surface area contributed by atoms with E-state index in [4.69, 9.17) is 26.1 Å². The number of carbonyl (C=O) groups excluding carboxylic acids is 1. The number of nitrogens with zero attached hydrogens (tertiary/aromatic N) is 2. The van der Waals surface area contributed by atoms with Gasteiger partial charge in [-0.1, -0.05) is 77.5 Å². The third-order valence-electron chi connectivity index (χ3n) is 7.18. The molecule has 0 aliphatic carbocycles. The van der Waals surface area contributed by atoms with Crippen molar-refractivity contribution in [3.8, 4) is 5.75 Å². The Kier molecular flexibility index (Phi) is 10.1. The zero-order valence-corrected chi connectivity index (χ0v) is 30.1. The molecule has 46 heavy (non-hydrogen) atoms. The van der Waals surface area contributed by atoms with Crippen molar-refractivity contribution in [2.75, 3.05) is 6.61 Å². The van der Waals surface area contributed by atoms with Crippen molar-refractivity contribution in [2.45, 2.75) is 19.6 Å². The van der Waals surface area contributed by atoms with Gasteiger partial charge in [-0.3, -0.25) is 9.36 Å². The van der Waals surface area contributed by atoms with Gasteiger partial charge < -0.3 is 9.47 Å². The Morgan fingerprint density at radius 1 is 1.04 bits per heavy atom. The molecular formula is C35H24ClFI2N2O4S. The smallest absolute Gasteiger partial charge is 0.338 e. The van der Waals surface area contributed by atoms with Gasteiger partial charge in [0.1, 0.15) is 18.2 Å². The van der Waals surface area contributed by atoms with Crippen molar-refractivity contribution in [3.63, 3.8) is 0 Å². The van der Waals surface area contributed by atoms with E-state index in [0.29, 0.717) is 43.5 Å². The zero-order chi connectivity index (χ0) is 32.4. The van der Waals surface area contributed by atoms with E-state index in [2.05, 4.69) is 45.2 Å². The standard InChI is InChI=1S/C35H24ClFI2N2O4S/c1-2-44-34(43)29-30(21-6-4-3-5-7-21)40-35-41(31(29)22-10-14-25(37)15-11-22)33(42)28(46-35)17-23-16-26(38)18-27(39)32(23)45-19-20-8-12-24(36)13-9-20/h3-18,31H,2,19H2,1H3/b28-17-/t31-/m1/s1. The molecule has 0 spiro atoms. The molecule has 11 heteroatoms. The third kappa shape index (κ3) is 6.85. The van der Waals surface area contributed by atoms with Crippen LogP contribution < -0.4 is 19.6 Å². The summed E-state index contributed by atoms with van der Waals surface area (Å²) in [6.07, 6.45) is 1.79. The summed E-state index contributed by atoms with van der Waals surface area (Å²) in [6.45, 7) is 2.16. The van der Waals surface area contributed by atoms with Crippen LogP contribution in [0, 0.1) is 13.0 Å². The Bertz CT molecular complexity index is 2150. The summed E-state index contributed by atoms with van der Waals surface area (Å²) in [6, 6.07) is 25.6. The van der Waals surface area contributed by atoms with Crippen molar-refractivity contribution in [2.24, 2.45) is 4.99 Å². The maximum atomic E-state index is 14.3. The zero-order valence-electron chi connectivity index (χ0n) is 24.2. The monoisotopic (exact) mass is 876 g/mol. The molecule has 1 aliphatic rings. The molecule has 2 heterocycles. The van der Waals surface area contributed by atoms with E-state index >= 15 is 0 Å². The molecule has 6 nitrogen and oxygen atoms in total. The number of hydrogen-bond acceptors (Lipinski definition) is 6. The Labute approximate surface area is 300 Å². The molecule has 0 amide bonds. The van der Waals surface area contributed by atoms with Crippen molar-refractivity contribution < 1.29 is 18.7 Å². The highest BCUT2D eigenvalue weighted by molar-refractivity contribution is 14.1. The number of carbonyl (C=O) groups is 1. The highest BCUT2D eigenvalue weighted by Gasteiger charge is 2.35. The largest absolute Gasteiger partial charge is 0.487 e. The van der Waals surface area contributed by atoms with Crippen LogP contribution in [-0.2, 0) is 16.1 Å². The van der Waals surface area contributed by atoms with E-state index in [9.17, 15) is 14.0 Å². The molecule has 1 aliphatic heterocycles. The maximum absolute atomic E-state index is 14.3. The van der Waals surface area contributed by atoms with Crippen LogP contribution >= 0.6 is 68.1 Å². The molecule has 6 rings (SSSR count). The van der Waals surface area contributed by atoms with Crippen LogP contribution in [0.5, 0.6) is 5.75 Å². The SMILES string of the molecule is CCOC(=O)C1=C(c2ccccc2)N=c2s/c(=C\c3cc(I)cc(I)c3OCc3ccc(Cl)cc3)c(=O)n2[C@@H]1c1ccc(F)cc1. The first-order chi connectivity index (χ1) is 22.2. The van der Waals surface area contributed by atoms with Crippen LogP contribution in [0.2, 0.25) is 5.02 Å². The quantitative estimate of drug-likeness (QED) is 0.120. The average Bonchev–Trinajstić information content (AvgIpc) is 3.35. The topological polar surface area (TPSA) is 69.9 Å². The van der Waals surface area contributed by atoms with Crippen LogP contribution in [0.3, 0.4) is 0 Å². The molecule has 1 aromatic heterocycles. The van der Waals surface area contributed by atoms with Gasteiger partial charge in [0, 0.05) is 19.7 Å². The summed E-state index contributed by atoms with van der Waals surface area (Å²) in [5, 5.41) is 0.643. The normalized spacial score (nSPS) is 14.5. The van der Waals surface area contributed by atoms with Crippen LogP contribution in [0.1, 0.15) is 35.2 Å². The van der Waals surface area contributed by atoms with Crippen molar-refractivity contribution >= 4 is 85.9 Å². The number of thiazole rings is 1. The van der Waals surface area contributed by atoms with Crippen molar-refractivity contribution in [1.82, 2.24) is 4.57 Å². The van der Waals surface area contributed by atoms with Crippen LogP contribution in [0.4, 0.5) is 4.39 Å². The predicted octanol–water partition coefficient (Wildman–Crippen LogP) is 7.52. The molecule has 0 saturated heterocycles. The van der Waals surface area contributed by atoms with E-state index in [1.165, 1.54) is 28.0 Å². The minimum atomic E-state index is -0.898. The second-order valence-electron chi connectivity index (χ2n) is 10.2. The highest BCUT2D eigenvalue weighted by Crippen LogP contribution is 2.35. The van der Waals surface area contributed by atoms with E-state index < -0.39 is 17.8 Å². The first-order valence-corrected chi connectivity index (χ1v) is 17.5. The number of halogens is 4. The number of aromatic nitrogens is 1. The highest BCUT2D eigenvalue weighted by atomic mass is 127. The predicted molar refractivity (Wildman–Crippen MR) is 195 cm³/mol. The number of ether oxygens (including phenoxy) is 2. The summed E-state index contributed by atoms with van der Waals surface area (Å²) in [7, 11) is 0. The molecule has 0 fully saturated rings. The van der Waals surface area contributed by atoms with Crippen LogP contribution in [0.25, 0.3) is 11.8 Å². The Hall–Kier alpha value is -3.33. The minimum absolute atomic E-state index is 0.134. The lowest BCUT2D eigenvalue weighted by Gasteiger charge is -2.25. The number of benzene rings is 4. The molecule has 0 bridgehead atoms. The van der Waals surface area contributed by atoms with Gasteiger partial charge in [0.25, 0.3) is 5.56 Å². The fourth-order valence-electron chi connectivity index (χ4n) is 5.12.